The minimum absolute atomic E-state index is 0.264. The summed E-state index contributed by atoms with van der Waals surface area (Å²) in [5, 5.41) is 3.94. The van der Waals surface area contributed by atoms with Crippen LogP contribution in [0.4, 0.5) is 5.69 Å². The fourth-order valence-corrected chi connectivity index (χ4v) is 3.12. The Kier molecular flexibility index (Phi) is 4.03. The second-order valence-corrected chi connectivity index (χ2v) is 5.78. The van der Waals surface area contributed by atoms with Crippen LogP contribution in [0.2, 0.25) is 0 Å². The lowest BCUT2D eigenvalue weighted by Gasteiger charge is -2.29. The van der Waals surface area contributed by atoms with Crippen molar-refractivity contribution < 1.29 is 4.52 Å². The SMILES string of the molecule is NCc1nc(-c2ccc(N3CCCCC3)c(Br)c2)no1. The molecule has 0 radical (unpaired) electrons. The van der Waals surface area contributed by atoms with E-state index in [9.17, 15) is 0 Å². The molecule has 6 heteroatoms. The highest BCUT2D eigenvalue weighted by molar-refractivity contribution is 9.10. The first kappa shape index (κ1) is 13.6. The smallest absolute Gasteiger partial charge is 0.240 e. The van der Waals surface area contributed by atoms with Gasteiger partial charge in [-0.2, -0.15) is 4.98 Å². The largest absolute Gasteiger partial charge is 0.371 e. The van der Waals surface area contributed by atoms with Crippen LogP contribution >= 0.6 is 15.9 Å². The summed E-state index contributed by atoms with van der Waals surface area (Å²) in [5.74, 6) is 1.03. The molecule has 20 heavy (non-hydrogen) atoms. The lowest BCUT2D eigenvalue weighted by Crippen LogP contribution is -2.29. The van der Waals surface area contributed by atoms with Gasteiger partial charge in [-0.05, 0) is 53.4 Å². The van der Waals surface area contributed by atoms with Gasteiger partial charge >= 0.3 is 0 Å². The van der Waals surface area contributed by atoms with Gasteiger partial charge < -0.3 is 15.2 Å². The van der Waals surface area contributed by atoms with Crippen LogP contribution < -0.4 is 10.6 Å². The Hall–Kier alpha value is -1.40. The minimum Gasteiger partial charge on any atom is -0.371 e. The van der Waals surface area contributed by atoms with Crippen molar-refractivity contribution in [1.82, 2.24) is 10.1 Å². The molecule has 2 aromatic rings. The molecule has 0 aliphatic carbocycles. The zero-order valence-electron chi connectivity index (χ0n) is 11.2. The molecule has 0 saturated carbocycles. The van der Waals surface area contributed by atoms with Crippen molar-refractivity contribution in [2.75, 3.05) is 18.0 Å². The molecule has 3 rings (SSSR count). The summed E-state index contributed by atoms with van der Waals surface area (Å²) in [6, 6.07) is 6.18. The molecule has 0 spiro atoms. The number of hydrogen-bond acceptors (Lipinski definition) is 5. The Morgan fingerprint density at radius 3 is 2.70 bits per heavy atom. The third-order valence-corrected chi connectivity index (χ3v) is 4.18. The Morgan fingerprint density at radius 2 is 2.05 bits per heavy atom. The number of nitrogens with zero attached hydrogens (tertiary/aromatic N) is 3. The van der Waals surface area contributed by atoms with E-state index >= 15 is 0 Å². The van der Waals surface area contributed by atoms with E-state index < -0.39 is 0 Å². The third-order valence-electron chi connectivity index (χ3n) is 3.55. The lowest BCUT2D eigenvalue weighted by atomic mass is 10.1. The Bertz CT molecular complexity index is 593. The second-order valence-electron chi connectivity index (χ2n) is 4.93. The number of benzene rings is 1. The van der Waals surface area contributed by atoms with E-state index in [1.54, 1.807) is 0 Å². The molecule has 1 aliphatic rings. The summed E-state index contributed by atoms with van der Waals surface area (Å²) < 4.78 is 6.11. The molecule has 1 aliphatic heterocycles. The van der Waals surface area contributed by atoms with Crippen molar-refractivity contribution in [2.45, 2.75) is 25.8 Å². The van der Waals surface area contributed by atoms with Crippen LogP contribution in [-0.4, -0.2) is 23.2 Å². The molecule has 1 saturated heterocycles. The van der Waals surface area contributed by atoms with Gasteiger partial charge in [0.1, 0.15) is 0 Å². The number of anilines is 1. The minimum atomic E-state index is 0.264. The molecule has 2 heterocycles. The van der Waals surface area contributed by atoms with Crippen molar-refractivity contribution in [3.05, 3.63) is 28.6 Å². The number of halogens is 1. The highest BCUT2D eigenvalue weighted by Gasteiger charge is 2.15. The van der Waals surface area contributed by atoms with Crippen LogP contribution in [0.5, 0.6) is 0 Å². The first-order valence-electron chi connectivity index (χ1n) is 6.85. The Balaban J connectivity index is 1.86. The summed E-state index contributed by atoms with van der Waals surface area (Å²) >= 11 is 3.65. The summed E-state index contributed by atoms with van der Waals surface area (Å²) in [7, 11) is 0. The van der Waals surface area contributed by atoms with Crippen molar-refractivity contribution in [3.8, 4) is 11.4 Å². The molecule has 106 valence electrons. The zero-order valence-corrected chi connectivity index (χ0v) is 12.8. The molecule has 2 N–H and O–H groups in total. The standard InChI is InChI=1S/C14H17BrN4O/c15-11-8-10(14-17-13(9-16)20-18-14)4-5-12(11)19-6-2-1-3-7-19/h4-5,8H,1-3,6-7,9,16H2. The summed E-state index contributed by atoms with van der Waals surface area (Å²) in [6.07, 6.45) is 3.86. The van der Waals surface area contributed by atoms with E-state index in [0.29, 0.717) is 11.7 Å². The molecular weight excluding hydrogens is 320 g/mol. The molecule has 0 atom stereocenters. The summed E-state index contributed by atoms with van der Waals surface area (Å²) in [5.41, 5.74) is 7.64. The van der Waals surface area contributed by atoms with Crippen LogP contribution in [-0.2, 0) is 6.54 Å². The van der Waals surface area contributed by atoms with Crippen LogP contribution in [0.25, 0.3) is 11.4 Å². The molecule has 1 fully saturated rings. The number of piperidine rings is 1. The quantitative estimate of drug-likeness (QED) is 0.933. The number of nitrogens with two attached hydrogens (primary N) is 1. The first-order valence-corrected chi connectivity index (χ1v) is 7.65. The molecule has 1 aromatic carbocycles. The average molecular weight is 337 g/mol. The van der Waals surface area contributed by atoms with Crippen molar-refractivity contribution in [2.24, 2.45) is 5.73 Å². The maximum Gasteiger partial charge on any atom is 0.240 e. The molecule has 1 aromatic heterocycles. The van der Waals surface area contributed by atoms with Gasteiger partial charge in [-0.25, -0.2) is 0 Å². The van der Waals surface area contributed by atoms with Crippen molar-refractivity contribution >= 4 is 21.6 Å². The van der Waals surface area contributed by atoms with E-state index in [2.05, 4.69) is 37.0 Å². The molecular formula is C14H17BrN4O. The molecule has 0 bridgehead atoms. The van der Waals surface area contributed by atoms with E-state index in [1.165, 1.54) is 24.9 Å². The highest BCUT2D eigenvalue weighted by atomic mass is 79.9. The summed E-state index contributed by atoms with van der Waals surface area (Å²) in [4.78, 5) is 6.66. The maximum absolute atomic E-state index is 5.48. The molecule has 5 nitrogen and oxygen atoms in total. The normalized spacial score (nSPS) is 15.6. The average Bonchev–Trinajstić information content (AvgIpc) is 2.97. The maximum atomic E-state index is 5.48. The second kappa shape index (κ2) is 5.93. The van der Waals surface area contributed by atoms with E-state index in [4.69, 9.17) is 10.3 Å². The van der Waals surface area contributed by atoms with E-state index in [0.717, 1.165) is 23.1 Å². The zero-order chi connectivity index (χ0) is 13.9. The van der Waals surface area contributed by atoms with Crippen LogP contribution in [0.3, 0.4) is 0 Å². The fraction of sp³-hybridized carbons (Fsp3) is 0.429. The summed E-state index contributed by atoms with van der Waals surface area (Å²) in [6.45, 7) is 2.51. The predicted octanol–water partition coefficient (Wildman–Crippen LogP) is 2.95. The van der Waals surface area contributed by atoms with Crippen LogP contribution in [0, 0.1) is 0 Å². The highest BCUT2D eigenvalue weighted by Crippen LogP contribution is 2.32. The molecule has 0 amide bonds. The van der Waals surface area contributed by atoms with E-state index in [-0.39, 0.29) is 6.54 Å². The van der Waals surface area contributed by atoms with Gasteiger partial charge in [-0.15, -0.1) is 0 Å². The number of rotatable bonds is 3. The number of aromatic nitrogens is 2. The molecule has 0 unspecified atom stereocenters. The van der Waals surface area contributed by atoms with Crippen molar-refractivity contribution in [1.29, 1.82) is 0 Å². The predicted molar refractivity (Wildman–Crippen MR) is 81.4 cm³/mol. The van der Waals surface area contributed by atoms with Gasteiger partial charge in [0.2, 0.25) is 11.7 Å². The van der Waals surface area contributed by atoms with Gasteiger partial charge in [0.25, 0.3) is 0 Å². The van der Waals surface area contributed by atoms with Gasteiger partial charge in [-0.3, -0.25) is 0 Å². The topological polar surface area (TPSA) is 68.2 Å². The van der Waals surface area contributed by atoms with Gasteiger partial charge in [0.05, 0.1) is 12.2 Å². The number of hydrogen-bond donors (Lipinski definition) is 1. The lowest BCUT2D eigenvalue weighted by molar-refractivity contribution is 0.380. The third kappa shape index (κ3) is 2.71. The first-order chi connectivity index (χ1) is 9.78. The monoisotopic (exact) mass is 336 g/mol. The van der Waals surface area contributed by atoms with Gasteiger partial charge in [-0.1, -0.05) is 5.16 Å². The van der Waals surface area contributed by atoms with E-state index in [1.807, 2.05) is 12.1 Å². The van der Waals surface area contributed by atoms with Crippen LogP contribution in [0.15, 0.2) is 27.2 Å². The Morgan fingerprint density at radius 1 is 1.25 bits per heavy atom. The fourth-order valence-electron chi connectivity index (χ4n) is 2.49. The van der Waals surface area contributed by atoms with Gasteiger partial charge in [0.15, 0.2) is 0 Å². The van der Waals surface area contributed by atoms with Gasteiger partial charge in [0, 0.05) is 23.1 Å². The Labute approximate surface area is 126 Å². The van der Waals surface area contributed by atoms with Crippen molar-refractivity contribution in [3.63, 3.8) is 0 Å². The van der Waals surface area contributed by atoms with Crippen LogP contribution in [0.1, 0.15) is 25.2 Å².